The van der Waals surface area contributed by atoms with E-state index >= 15 is 0 Å². The second-order valence-corrected chi connectivity index (χ2v) is 5.29. The predicted octanol–water partition coefficient (Wildman–Crippen LogP) is 3.08. The molecule has 3 aromatic rings. The normalized spacial score (nSPS) is 10.5. The zero-order chi connectivity index (χ0) is 15.0. The molecule has 0 fully saturated rings. The predicted molar refractivity (Wildman–Crippen MR) is 83.4 cm³/mol. The number of rotatable bonds is 2. The summed E-state index contributed by atoms with van der Waals surface area (Å²) < 4.78 is 5.77. The fourth-order valence-corrected chi connectivity index (χ4v) is 2.34. The smallest absolute Gasteiger partial charge is 0.408 e. The number of hydrogen-bond donors (Lipinski definition) is 3. The van der Waals surface area contributed by atoms with Crippen molar-refractivity contribution in [3.05, 3.63) is 50.9 Å². The van der Waals surface area contributed by atoms with Crippen LogP contribution in [0.3, 0.4) is 0 Å². The third-order valence-corrected chi connectivity index (χ3v) is 3.46. The topological polar surface area (TPSA) is 108 Å². The second kappa shape index (κ2) is 5.00. The number of hydrogen-bond acceptors (Lipinski definition) is 5. The van der Waals surface area contributed by atoms with Crippen molar-refractivity contribution >= 4 is 44.1 Å². The maximum atomic E-state index is 11.2. The number of aromatic amines is 1. The van der Waals surface area contributed by atoms with Crippen molar-refractivity contribution in [1.82, 2.24) is 4.98 Å². The number of nitrogen functional groups attached to an aromatic ring is 1. The third kappa shape index (κ3) is 2.49. The zero-order valence-corrected chi connectivity index (χ0v) is 12.2. The van der Waals surface area contributed by atoms with E-state index in [9.17, 15) is 4.79 Å². The average Bonchev–Trinajstić information content (AvgIpc) is 2.78. The molecule has 104 valence electrons. The molecule has 0 spiro atoms. The van der Waals surface area contributed by atoms with E-state index in [1.165, 1.54) is 0 Å². The van der Waals surface area contributed by atoms with Gasteiger partial charge in [-0.05, 0) is 24.3 Å². The highest BCUT2D eigenvalue weighted by Crippen LogP contribution is 2.30. The van der Waals surface area contributed by atoms with Crippen molar-refractivity contribution in [2.24, 2.45) is 0 Å². The van der Waals surface area contributed by atoms with Crippen LogP contribution in [-0.2, 0) is 0 Å². The van der Waals surface area contributed by atoms with E-state index in [1.807, 2.05) is 0 Å². The number of nitrogens with zero attached hydrogens (tertiary/aromatic N) is 1. The molecule has 0 atom stereocenters. The first kappa shape index (κ1) is 13.3. The maximum absolute atomic E-state index is 11.2. The van der Waals surface area contributed by atoms with Crippen molar-refractivity contribution in [1.29, 1.82) is 5.26 Å². The number of nitrogens with one attached hydrogen (secondary N) is 2. The molecule has 0 amide bonds. The molecule has 1 aromatic heterocycles. The molecule has 0 saturated heterocycles. The first-order valence-corrected chi connectivity index (χ1v) is 6.75. The van der Waals surface area contributed by atoms with Gasteiger partial charge in [0.25, 0.3) is 0 Å². The highest BCUT2D eigenvalue weighted by molar-refractivity contribution is 9.10. The quantitative estimate of drug-likeness (QED) is 0.619. The summed E-state index contributed by atoms with van der Waals surface area (Å²) >= 11 is 3.36. The van der Waals surface area contributed by atoms with Gasteiger partial charge in [-0.15, -0.1) is 0 Å². The first-order valence-electron chi connectivity index (χ1n) is 5.96. The summed E-state index contributed by atoms with van der Waals surface area (Å²) in [6.45, 7) is 0. The van der Waals surface area contributed by atoms with Crippen LogP contribution < -0.4 is 16.8 Å². The monoisotopic (exact) mass is 344 g/mol. The Kier molecular flexibility index (Phi) is 3.16. The summed E-state index contributed by atoms with van der Waals surface area (Å²) in [5.41, 5.74) is 8.95. The van der Waals surface area contributed by atoms with E-state index in [2.05, 4.69) is 32.3 Å². The third-order valence-electron chi connectivity index (χ3n) is 2.96. The Hall–Kier alpha value is -2.72. The minimum Gasteiger partial charge on any atom is -0.408 e. The van der Waals surface area contributed by atoms with Gasteiger partial charge < -0.3 is 15.5 Å². The van der Waals surface area contributed by atoms with Gasteiger partial charge in [-0.1, -0.05) is 15.9 Å². The van der Waals surface area contributed by atoms with E-state index < -0.39 is 5.76 Å². The number of nitrogens with two attached hydrogens (primary N) is 1. The van der Waals surface area contributed by atoms with Crippen LogP contribution in [0.1, 0.15) is 5.56 Å². The van der Waals surface area contributed by atoms with Gasteiger partial charge >= 0.3 is 5.76 Å². The van der Waals surface area contributed by atoms with E-state index in [0.717, 1.165) is 4.47 Å². The van der Waals surface area contributed by atoms with E-state index in [-0.39, 0.29) is 0 Å². The van der Waals surface area contributed by atoms with Crippen LogP contribution in [0.15, 0.2) is 44.0 Å². The number of oxazole rings is 1. The van der Waals surface area contributed by atoms with Crippen LogP contribution in [-0.4, -0.2) is 4.98 Å². The molecule has 7 heteroatoms. The summed E-state index contributed by atoms with van der Waals surface area (Å²) in [4.78, 5) is 13.7. The number of aromatic nitrogens is 1. The number of halogens is 1. The van der Waals surface area contributed by atoms with E-state index in [0.29, 0.717) is 33.7 Å². The van der Waals surface area contributed by atoms with E-state index in [1.54, 1.807) is 30.3 Å². The van der Waals surface area contributed by atoms with Gasteiger partial charge in [0.15, 0.2) is 5.58 Å². The van der Waals surface area contributed by atoms with Gasteiger partial charge in [0.05, 0.1) is 28.1 Å². The Morgan fingerprint density at radius 1 is 1.29 bits per heavy atom. The Bertz CT molecular complexity index is 936. The zero-order valence-electron chi connectivity index (χ0n) is 10.6. The van der Waals surface area contributed by atoms with Crippen molar-refractivity contribution in [3.8, 4) is 6.07 Å². The Labute approximate surface area is 127 Å². The summed E-state index contributed by atoms with van der Waals surface area (Å²) in [6, 6.07) is 10.6. The lowest BCUT2D eigenvalue weighted by Crippen LogP contribution is -1.98. The molecular weight excluding hydrogens is 336 g/mol. The largest absolute Gasteiger partial charge is 0.417 e. The van der Waals surface area contributed by atoms with Gasteiger partial charge in [-0.2, -0.15) is 5.26 Å². The van der Waals surface area contributed by atoms with Crippen molar-refractivity contribution in [3.63, 3.8) is 0 Å². The summed E-state index contributed by atoms with van der Waals surface area (Å²) in [5, 5.41) is 12.2. The lowest BCUT2D eigenvalue weighted by molar-refractivity contribution is 0.555. The summed E-state index contributed by atoms with van der Waals surface area (Å²) in [5.74, 6) is -0.540. The molecule has 6 nitrogen and oxygen atoms in total. The van der Waals surface area contributed by atoms with Gasteiger partial charge in [-0.25, -0.2) is 4.79 Å². The van der Waals surface area contributed by atoms with Crippen molar-refractivity contribution < 1.29 is 4.42 Å². The molecule has 0 aliphatic rings. The SMILES string of the molecule is N#Cc1ccc(Br)cc1Nc1cc2[nH]c(=O)oc2cc1N. The Morgan fingerprint density at radius 2 is 2.10 bits per heavy atom. The first-order chi connectivity index (χ1) is 10.1. The van der Waals surface area contributed by atoms with Crippen molar-refractivity contribution in [2.75, 3.05) is 11.1 Å². The van der Waals surface area contributed by atoms with Crippen LogP contribution in [0.5, 0.6) is 0 Å². The fourth-order valence-electron chi connectivity index (χ4n) is 1.98. The van der Waals surface area contributed by atoms with Crippen LogP contribution >= 0.6 is 15.9 Å². The molecule has 1 heterocycles. The van der Waals surface area contributed by atoms with E-state index in [4.69, 9.17) is 15.4 Å². The molecule has 0 bridgehead atoms. The number of benzene rings is 2. The number of nitriles is 1. The van der Waals surface area contributed by atoms with Gasteiger partial charge in [0.1, 0.15) is 6.07 Å². The molecule has 3 rings (SSSR count). The van der Waals surface area contributed by atoms with Crippen LogP contribution in [0, 0.1) is 11.3 Å². The Balaban J connectivity index is 2.09. The number of anilines is 3. The molecule has 0 radical (unpaired) electrons. The molecule has 0 unspecified atom stereocenters. The molecule has 0 aliphatic carbocycles. The summed E-state index contributed by atoms with van der Waals surface area (Å²) in [7, 11) is 0. The van der Waals surface area contributed by atoms with Crippen molar-refractivity contribution in [2.45, 2.75) is 0 Å². The minimum atomic E-state index is -0.540. The maximum Gasteiger partial charge on any atom is 0.417 e. The average molecular weight is 345 g/mol. The molecular formula is C14H9BrN4O2. The molecule has 0 aliphatic heterocycles. The highest BCUT2D eigenvalue weighted by atomic mass is 79.9. The van der Waals surface area contributed by atoms with Gasteiger partial charge in [0.2, 0.25) is 0 Å². The lowest BCUT2D eigenvalue weighted by atomic mass is 10.1. The highest BCUT2D eigenvalue weighted by Gasteiger charge is 2.09. The summed E-state index contributed by atoms with van der Waals surface area (Å²) in [6.07, 6.45) is 0. The fraction of sp³-hybridized carbons (Fsp3) is 0. The minimum absolute atomic E-state index is 0.387. The molecule has 21 heavy (non-hydrogen) atoms. The number of H-pyrrole nitrogens is 1. The lowest BCUT2D eigenvalue weighted by Gasteiger charge is -2.11. The standard InChI is InChI=1S/C14H9BrN4O2/c15-8-2-1-7(6-16)10(3-8)18-11-5-12-13(4-9(11)17)21-14(20)19-12/h1-5,18H,17H2,(H,19,20). The van der Waals surface area contributed by atoms with Gasteiger partial charge in [-0.3, -0.25) is 4.98 Å². The Morgan fingerprint density at radius 3 is 2.86 bits per heavy atom. The van der Waals surface area contributed by atoms with Crippen LogP contribution in [0.2, 0.25) is 0 Å². The number of fused-ring (bicyclic) bond motifs is 1. The molecule has 4 N–H and O–H groups in total. The molecule has 2 aromatic carbocycles. The second-order valence-electron chi connectivity index (χ2n) is 4.38. The molecule has 0 saturated carbocycles. The van der Waals surface area contributed by atoms with Crippen LogP contribution in [0.4, 0.5) is 17.1 Å². The van der Waals surface area contributed by atoms with Gasteiger partial charge in [0, 0.05) is 10.5 Å². The van der Waals surface area contributed by atoms with Crippen LogP contribution in [0.25, 0.3) is 11.1 Å².